The van der Waals surface area contributed by atoms with Crippen LogP contribution in [0.1, 0.15) is 27.4 Å². The van der Waals surface area contributed by atoms with E-state index in [1.54, 1.807) is 18.2 Å². The number of aromatic nitrogens is 2. The molecule has 0 bridgehead atoms. The van der Waals surface area contributed by atoms with Crippen molar-refractivity contribution in [3.05, 3.63) is 76.9 Å². The van der Waals surface area contributed by atoms with E-state index in [0.29, 0.717) is 5.56 Å². The van der Waals surface area contributed by atoms with Crippen LogP contribution < -0.4 is 5.32 Å². The van der Waals surface area contributed by atoms with Crippen LogP contribution >= 0.6 is 0 Å². The Morgan fingerprint density at radius 2 is 1.82 bits per heavy atom. The first-order valence-electron chi connectivity index (χ1n) is 8.49. The quantitative estimate of drug-likeness (QED) is 0.650. The number of hydrogen-bond donors (Lipinski definition) is 1. The Morgan fingerprint density at radius 1 is 1.11 bits per heavy atom. The first-order chi connectivity index (χ1) is 13.4. The van der Waals surface area contributed by atoms with Gasteiger partial charge in [0, 0.05) is 24.1 Å². The summed E-state index contributed by atoms with van der Waals surface area (Å²) in [6.45, 7) is 2.03. The van der Waals surface area contributed by atoms with E-state index in [-0.39, 0.29) is 30.3 Å². The summed E-state index contributed by atoms with van der Waals surface area (Å²) in [7, 11) is -3.97. The number of benzene rings is 2. The first kappa shape index (κ1) is 19.7. The van der Waals surface area contributed by atoms with Gasteiger partial charge in [0.05, 0.1) is 5.75 Å². The maximum atomic E-state index is 13.7. The Balaban J connectivity index is 1.60. The SMILES string of the molecule is Cc1ccccc1C(=O)NCCc1nnc(S(=O)(=O)Cc2ccccc2F)o1. The second-order valence-electron chi connectivity index (χ2n) is 6.13. The summed E-state index contributed by atoms with van der Waals surface area (Å²) in [4.78, 5) is 12.1. The topological polar surface area (TPSA) is 102 Å². The van der Waals surface area contributed by atoms with Crippen LogP contribution in [0.4, 0.5) is 4.39 Å². The van der Waals surface area contributed by atoms with Crippen LogP contribution in [0.3, 0.4) is 0 Å². The van der Waals surface area contributed by atoms with Crippen LogP contribution in [-0.4, -0.2) is 31.1 Å². The largest absolute Gasteiger partial charge is 0.412 e. The molecule has 0 aliphatic heterocycles. The smallest absolute Gasteiger partial charge is 0.335 e. The summed E-state index contributed by atoms with van der Waals surface area (Å²) in [6.07, 6.45) is 0.167. The zero-order valence-electron chi connectivity index (χ0n) is 15.1. The fourth-order valence-electron chi connectivity index (χ4n) is 2.55. The van der Waals surface area contributed by atoms with Crippen molar-refractivity contribution in [2.75, 3.05) is 6.54 Å². The summed E-state index contributed by atoms with van der Waals surface area (Å²) in [5.41, 5.74) is 1.42. The molecule has 0 aliphatic rings. The number of amides is 1. The molecule has 146 valence electrons. The minimum atomic E-state index is -3.97. The van der Waals surface area contributed by atoms with Gasteiger partial charge in [-0.25, -0.2) is 12.8 Å². The fraction of sp³-hybridized carbons (Fsp3) is 0.211. The average Bonchev–Trinajstić information content (AvgIpc) is 3.14. The predicted octanol–water partition coefficient (Wildman–Crippen LogP) is 2.46. The van der Waals surface area contributed by atoms with E-state index in [1.807, 2.05) is 19.1 Å². The number of carbonyl (C=O) groups excluding carboxylic acids is 1. The lowest BCUT2D eigenvalue weighted by molar-refractivity contribution is 0.0953. The summed E-state index contributed by atoms with van der Waals surface area (Å²) in [6, 6.07) is 12.7. The lowest BCUT2D eigenvalue weighted by Crippen LogP contribution is -2.26. The van der Waals surface area contributed by atoms with Crippen molar-refractivity contribution in [3.63, 3.8) is 0 Å². The number of nitrogens with one attached hydrogen (secondary N) is 1. The van der Waals surface area contributed by atoms with Crippen LogP contribution in [0.15, 0.2) is 58.2 Å². The maximum absolute atomic E-state index is 13.7. The van der Waals surface area contributed by atoms with Gasteiger partial charge in [0.15, 0.2) is 0 Å². The molecule has 0 radical (unpaired) electrons. The van der Waals surface area contributed by atoms with Crippen molar-refractivity contribution in [2.45, 2.75) is 24.3 Å². The molecule has 1 amide bonds. The minimum Gasteiger partial charge on any atom is -0.412 e. The Hall–Kier alpha value is -3.07. The summed E-state index contributed by atoms with van der Waals surface area (Å²) >= 11 is 0. The fourth-order valence-corrected chi connectivity index (χ4v) is 3.71. The monoisotopic (exact) mass is 403 g/mol. The van der Waals surface area contributed by atoms with Crippen molar-refractivity contribution >= 4 is 15.7 Å². The molecule has 0 aliphatic carbocycles. The molecule has 28 heavy (non-hydrogen) atoms. The number of sulfone groups is 1. The highest BCUT2D eigenvalue weighted by molar-refractivity contribution is 7.90. The van der Waals surface area contributed by atoms with Crippen LogP contribution in [0.25, 0.3) is 0 Å². The molecule has 0 saturated heterocycles. The van der Waals surface area contributed by atoms with Gasteiger partial charge >= 0.3 is 5.22 Å². The summed E-state index contributed by atoms with van der Waals surface area (Å²) in [5.74, 6) is -1.38. The van der Waals surface area contributed by atoms with Crippen LogP contribution in [0.2, 0.25) is 0 Å². The summed E-state index contributed by atoms with van der Waals surface area (Å²) in [5, 5.41) is 9.38. The maximum Gasteiger partial charge on any atom is 0.335 e. The Kier molecular flexibility index (Phi) is 5.84. The van der Waals surface area contributed by atoms with E-state index in [1.165, 1.54) is 18.2 Å². The Labute approximate surface area is 161 Å². The van der Waals surface area contributed by atoms with Gasteiger partial charge in [-0.15, -0.1) is 5.10 Å². The van der Waals surface area contributed by atoms with E-state index in [4.69, 9.17) is 4.42 Å². The lowest BCUT2D eigenvalue weighted by Gasteiger charge is -2.06. The highest BCUT2D eigenvalue weighted by Gasteiger charge is 2.24. The second kappa shape index (κ2) is 8.30. The number of nitrogens with zero attached hydrogens (tertiary/aromatic N) is 2. The number of carbonyl (C=O) groups is 1. The van der Waals surface area contributed by atoms with E-state index in [9.17, 15) is 17.6 Å². The molecule has 0 spiro atoms. The molecule has 1 aromatic heterocycles. The normalized spacial score (nSPS) is 11.4. The third kappa shape index (κ3) is 4.61. The molecular weight excluding hydrogens is 385 g/mol. The first-order valence-corrected chi connectivity index (χ1v) is 10.1. The van der Waals surface area contributed by atoms with E-state index in [2.05, 4.69) is 15.5 Å². The van der Waals surface area contributed by atoms with Gasteiger partial charge < -0.3 is 9.73 Å². The number of rotatable bonds is 7. The highest BCUT2D eigenvalue weighted by Crippen LogP contribution is 2.17. The van der Waals surface area contributed by atoms with Gasteiger partial charge in [0.1, 0.15) is 5.82 Å². The van der Waals surface area contributed by atoms with Crippen LogP contribution in [0.5, 0.6) is 0 Å². The number of hydrogen-bond acceptors (Lipinski definition) is 6. The molecule has 3 rings (SSSR count). The van der Waals surface area contributed by atoms with Gasteiger partial charge in [0.25, 0.3) is 5.91 Å². The van der Waals surface area contributed by atoms with Crippen molar-refractivity contribution in [2.24, 2.45) is 0 Å². The highest BCUT2D eigenvalue weighted by atomic mass is 32.2. The summed E-state index contributed by atoms with van der Waals surface area (Å²) < 4.78 is 43.5. The lowest BCUT2D eigenvalue weighted by atomic mass is 10.1. The predicted molar refractivity (Wildman–Crippen MR) is 98.8 cm³/mol. The van der Waals surface area contributed by atoms with E-state index >= 15 is 0 Å². The van der Waals surface area contributed by atoms with Crippen LogP contribution in [0, 0.1) is 12.7 Å². The minimum absolute atomic E-state index is 0.0211. The van der Waals surface area contributed by atoms with Crippen LogP contribution in [-0.2, 0) is 22.0 Å². The molecule has 1 heterocycles. The average molecular weight is 403 g/mol. The van der Waals surface area contributed by atoms with Gasteiger partial charge in [-0.05, 0) is 24.6 Å². The zero-order chi connectivity index (χ0) is 20.1. The molecule has 0 unspecified atom stereocenters. The number of halogens is 1. The van der Waals surface area contributed by atoms with Gasteiger partial charge in [-0.3, -0.25) is 4.79 Å². The molecule has 0 fully saturated rings. The van der Waals surface area contributed by atoms with E-state index in [0.717, 1.165) is 5.56 Å². The van der Waals surface area contributed by atoms with Crippen molar-refractivity contribution in [3.8, 4) is 0 Å². The van der Waals surface area contributed by atoms with Crippen molar-refractivity contribution in [1.29, 1.82) is 0 Å². The Bertz CT molecular complexity index is 1100. The number of aryl methyl sites for hydroxylation is 1. The molecular formula is C19H18FN3O4S. The molecule has 0 saturated carbocycles. The van der Waals surface area contributed by atoms with Gasteiger partial charge in [-0.2, -0.15) is 0 Å². The van der Waals surface area contributed by atoms with E-state index < -0.39 is 26.6 Å². The third-order valence-corrected chi connectivity index (χ3v) is 5.42. The molecule has 1 N–H and O–H groups in total. The Morgan fingerprint density at radius 3 is 2.57 bits per heavy atom. The van der Waals surface area contributed by atoms with Gasteiger partial charge in [-0.1, -0.05) is 41.5 Å². The zero-order valence-corrected chi connectivity index (χ0v) is 15.9. The third-order valence-electron chi connectivity index (χ3n) is 4.03. The standard InChI is InChI=1S/C19H18FN3O4S/c1-13-6-2-4-8-15(13)18(24)21-11-10-17-22-23-19(27-17)28(25,26)12-14-7-3-5-9-16(14)20/h2-9H,10-12H2,1H3,(H,21,24). The second-order valence-corrected chi connectivity index (χ2v) is 8.00. The van der Waals surface area contributed by atoms with Gasteiger partial charge in [0.2, 0.25) is 15.7 Å². The molecule has 0 atom stereocenters. The molecule has 3 aromatic rings. The molecule has 2 aromatic carbocycles. The molecule has 7 nitrogen and oxygen atoms in total. The van der Waals surface area contributed by atoms with Crippen molar-refractivity contribution < 1.29 is 22.0 Å². The van der Waals surface area contributed by atoms with Crippen molar-refractivity contribution in [1.82, 2.24) is 15.5 Å². The molecule has 9 heteroatoms.